The van der Waals surface area contributed by atoms with Crippen molar-refractivity contribution >= 4 is 22.0 Å². The van der Waals surface area contributed by atoms with Gasteiger partial charge in [-0.05, 0) is 36.4 Å². The molecule has 0 unspecified atom stereocenters. The molecule has 1 saturated heterocycles. The average molecular weight is 428 g/mol. The van der Waals surface area contributed by atoms with Gasteiger partial charge in [0.1, 0.15) is 17.6 Å². The molecule has 4 aromatic rings. The van der Waals surface area contributed by atoms with E-state index >= 15 is 0 Å². The normalized spacial score (nSPS) is 16.4. The minimum atomic E-state index is -0.228. The molecule has 1 aliphatic rings. The van der Waals surface area contributed by atoms with Crippen LogP contribution in [0.15, 0.2) is 47.1 Å². The first-order chi connectivity index (χ1) is 14.6. The van der Waals surface area contributed by atoms with Crippen LogP contribution in [0.1, 0.15) is 29.4 Å². The smallest absolute Gasteiger partial charge is 0.230 e. The van der Waals surface area contributed by atoms with Crippen LogP contribution in [0.5, 0.6) is 5.88 Å². The summed E-state index contributed by atoms with van der Waals surface area (Å²) in [6.07, 6.45) is 2.37. The van der Waals surface area contributed by atoms with Crippen molar-refractivity contribution in [3.05, 3.63) is 64.9 Å². The summed E-state index contributed by atoms with van der Waals surface area (Å²) in [5.41, 5.74) is 1.01. The first-order valence-corrected chi connectivity index (χ1v) is 10.8. The maximum Gasteiger partial charge on any atom is 0.230 e. The van der Waals surface area contributed by atoms with Gasteiger partial charge in [0.25, 0.3) is 0 Å². The van der Waals surface area contributed by atoms with Crippen LogP contribution < -0.4 is 4.90 Å². The predicted molar refractivity (Wildman–Crippen MR) is 113 cm³/mol. The van der Waals surface area contributed by atoms with E-state index in [1.165, 1.54) is 28.0 Å². The van der Waals surface area contributed by atoms with Crippen molar-refractivity contribution in [3.63, 3.8) is 0 Å². The number of hydrogen-bond donors (Lipinski definition) is 1. The fraction of sp³-hybridized carbons (Fsp3) is 0.333. The molecule has 0 aliphatic carbocycles. The first-order valence-electron chi connectivity index (χ1n) is 9.99. The molecule has 156 valence electrons. The Kier molecular flexibility index (Phi) is 4.92. The third kappa shape index (κ3) is 3.33. The molecule has 1 atom stereocenters. The fourth-order valence-electron chi connectivity index (χ4n) is 3.93. The van der Waals surface area contributed by atoms with Gasteiger partial charge in [-0.2, -0.15) is 4.52 Å². The Bertz CT molecular complexity index is 1130. The summed E-state index contributed by atoms with van der Waals surface area (Å²) in [5, 5.41) is 15.3. The molecule has 0 spiro atoms. The van der Waals surface area contributed by atoms with Gasteiger partial charge in [-0.15, -0.1) is 5.10 Å². The van der Waals surface area contributed by atoms with Crippen molar-refractivity contribution in [2.75, 3.05) is 31.1 Å². The molecule has 1 aromatic carbocycles. The number of fused-ring (bicyclic) bond motifs is 1. The van der Waals surface area contributed by atoms with Crippen LogP contribution in [-0.4, -0.2) is 50.8 Å². The van der Waals surface area contributed by atoms with Gasteiger partial charge in [-0.1, -0.05) is 18.3 Å². The number of rotatable bonds is 5. The number of hydrogen-bond acceptors (Lipinski definition) is 7. The van der Waals surface area contributed by atoms with Crippen LogP contribution in [0, 0.1) is 5.82 Å². The SMILES string of the molecule is CCc1nc2sc([C@H](c3ccco3)N3CCN(c4ccc(F)cc4)CC3)c(O)n2n1. The van der Waals surface area contributed by atoms with E-state index in [2.05, 4.69) is 19.9 Å². The number of furan rings is 1. The van der Waals surface area contributed by atoms with E-state index in [4.69, 9.17) is 4.42 Å². The van der Waals surface area contributed by atoms with Crippen molar-refractivity contribution in [2.24, 2.45) is 0 Å². The molecule has 7 nitrogen and oxygen atoms in total. The van der Waals surface area contributed by atoms with Crippen molar-refractivity contribution in [2.45, 2.75) is 19.4 Å². The van der Waals surface area contributed by atoms with Gasteiger partial charge in [0.05, 0.1) is 11.1 Å². The van der Waals surface area contributed by atoms with Gasteiger partial charge in [0.15, 0.2) is 5.82 Å². The minimum absolute atomic E-state index is 0.115. The van der Waals surface area contributed by atoms with Crippen LogP contribution in [0.4, 0.5) is 10.1 Å². The summed E-state index contributed by atoms with van der Waals surface area (Å²) in [6, 6.07) is 10.2. The largest absolute Gasteiger partial charge is 0.492 e. The monoisotopic (exact) mass is 427 g/mol. The minimum Gasteiger partial charge on any atom is -0.492 e. The predicted octanol–water partition coefficient (Wildman–Crippen LogP) is 3.70. The van der Waals surface area contributed by atoms with Crippen molar-refractivity contribution in [3.8, 4) is 5.88 Å². The van der Waals surface area contributed by atoms with Crippen LogP contribution in [0.3, 0.4) is 0 Å². The highest BCUT2D eigenvalue weighted by atomic mass is 32.1. The quantitative estimate of drug-likeness (QED) is 0.524. The zero-order chi connectivity index (χ0) is 20.7. The van der Waals surface area contributed by atoms with Crippen LogP contribution >= 0.6 is 11.3 Å². The molecular weight excluding hydrogens is 405 g/mol. The van der Waals surface area contributed by atoms with E-state index in [0.29, 0.717) is 10.8 Å². The van der Waals surface area contributed by atoms with E-state index in [1.54, 1.807) is 6.26 Å². The third-order valence-electron chi connectivity index (χ3n) is 5.49. The number of anilines is 1. The summed E-state index contributed by atoms with van der Waals surface area (Å²) in [7, 11) is 0. The number of aromatic nitrogens is 3. The van der Waals surface area contributed by atoms with Gasteiger partial charge in [-0.25, -0.2) is 9.37 Å². The highest BCUT2D eigenvalue weighted by Gasteiger charge is 2.33. The Balaban J connectivity index is 1.43. The molecule has 4 heterocycles. The molecule has 0 saturated carbocycles. The number of benzene rings is 1. The Morgan fingerprint density at radius 1 is 1.17 bits per heavy atom. The molecule has 0 bridgehead atoms. The maximum atomic E-state index is 13.2. The summed E-state index contributed by atoms with van der Waals surface area (Å²) in [6.45, 7) is 5.13. The van der Waals surface area contributed by atoms with Crippen LogP contribution in [0.25, 0.3) is 4.96 Å². The van der Waals surface area contributed by atoms with Crippen molar-refractivity contribution < 1.29 is 13.9 Å². The van der Waals surface area contributed by atoms with Crippen LogP contribution in [-0.2, 0) is 6.42 Å². The number of aryl methyl sites for hydroxylation is 1. The molecule has 0 radical (unpaired) electrons. The van der Waals surface area contributed by atoms with E-state index in [9.17, 15) is 9.50 Å². The zero-order valence-corrected chi connectivity index (χ0v) is 17.3. The van der Waals surface area contributed by atoms with E-state index < -0.39 is 0 Å². The molecular formula is C21H22FN5O2S. The lowest BCUT2D eigenvalue weighted by atomic mass is 10.1. The number of thiazole rings is 1. The van der Waals surface area contributed by atoms with Gasteiger partial charge >= 0.3 is 0 Å². The van der Waals surface area contributed by atoms with Gasteiger partial charge in [-0.3, -0.25) is 4.90 Å². The summed E-state index contributed by atoms with van der Waals surface area (Å²) >= 11 is 1.44. The fourth-order valence-corrected chi connectivity index (χ4v) is 5.05. The first kappa shape index (κ1) is 19.1. The lowest BCUT2D eigenvalue weighted by Crippen LogP contribution is -2.47. The van der Waals surface area contributed by atoms with Gasteiger partial charge in [0, 0.05) is 38.3 Å². The number of piperazine rings is 1. The molecule has 1 aliphatic heterocycles. The molecule has 1 N–H and O–H groups in total. The van der Waals surface area contributed by atoms with Gasteiger partial charge in [0.2, 0.25) is 10.8 Å². The topological polar surface area (TPSA) is 70.0 Å². The molecule has 1 fully saturated rings. The Morgan fingerprint density at radius 2 is 1.93 bits per heavy atom. The summed E-state index contributed by atoms with van der Waals surface area (Å²) < 4.78 is 20.5. The van der Waals surface area contributed by atoms with Crippen LogP contribution in [0.2, 0.25) is 0 Å². The lowest BCUT2D eigenvalue weighted by molar-refractivity contribution is 0.191. The zero-order valence-electron chi connectivity index (χ0n) is 16.5. The third-order valence-corrected chi connectivity index (χ3v) is 6.56. The number of aromatic hydroxyl groups is 1. The molecule has 0 amide bonds. The highest BCUT2D eigenvalue weighted by molar-refractivity contribution is 7.17. The second kappa shape index (κ2) is 7.73. The van der Waals surface area contributed by atoms with Crippen molar-refractivity contribution in [1.29, 1.82) is 0 Å². The maximum absolute atomic E-state index is 13.2. The van der Waals surface area contributed by atoms with E-state index in [-0.39, 0.29) is 17.7 Å². The number of nitrogens with zero attached hydrogens (tertiary/aromatic N) is 5. The van der Waals surface area contributed by atoms with Gasteiger partial charge < -0.3 is 14.4 Å². The second-order valence-corrected chi connectivity index (χ2v) is 8.29. The average Bonchev–Trinajstić information content (AvgIpc) is 3.49. The van der Waals surface area contributed by atoms with E-state index in [0.717, 1.165) is 48.9 Å². The molecule has 9 heteroatoms. The second-order valence-electron chi connectivity index (χ2n) is 7.28. The Morgan fingerprint density at radius 3 is 2.57 bits per heavy atom. The number of halogens is 1. The molecule has 3 aromatic heterocycles. The Hall–Kier alpha value is -2.91. The summed E-state index contributed by atoms with van der Waals surface area (Å²) in [5.74, 6) is 1.38. The molecule has 30 heavy (non-hydrogen) atoms. The Labute approximate surface area is 177 Å². The summed E-state index contributed by atoms with van der Waals surface area (Å²) in [4.78, 5) is 10.5. The molecule has 5 rings (SSSR count). The van der Waals surface area contributed by atoms with E-state index in [1.807, 2.05) is 31.2 Å². The van der Waals surface area contributed by atoms with Crippen molar-refractivity contribution in [1.82, 2.24) is 19.5 Å². The highest BCUT2D eigenvalue weighted by Crippen LogP contribution is 2.40. The standard InChI is InChI=1S/C21H22FN5O2S/c1-2-17-23-21-27(24-17)20(28)19(30-21)18(16-4-3-13-29-16)26-11-9-25(10-12-26)15-7-5-14(22)6-8-15/h3-8,13,18,28H,2,9-12H2,1H3/t18-/m0/s1. The lowest BCUT2D eigenvalue weighted by Gasteiger charge is -2.39.